The molecule has 0 spiro atoms. The normalized spacial score (nSPS) is 15.3. The first kappa shape index (κ1) is 23.7. The molecule has 0 saturated carbocycles. The molecule has 4 heteroatoms. The van der Waals surface area contributed by atoms with Gasteiger partial charge in [-0.25, -0.2) is 0 Å². The predicted molar refractivity (Wildman–Crippen MR) is 118 cm³/mol. The number of hydrogen-bond donors (Lipinski definition) is 0. The Bertz CT molecular complexity index is 612. The highest BCUT2D eigenvalue weighted by molar-refractivity contribution is 6.74. The summed E-state index contributed by atoms with van der Waals surface area (Å²) in [6, 6.07) is 7.96. The highest BCUT2D eigenvalue weighted by Gasteiger charge is 2.40. The monoisotopic (exact) mass is 390 g/mol. The molecular formula is C23H38O3Si. The highest BCUT2D eigenvalue weighted by Crippen LogP contribution is 2.39. The molecule has 0 bridgehead atoms. The summed E-state index contributed by atoms with van der Waals surface area (Å²) in [5.74, 6) is 1.12. The summed E-state index contributed by atoms with van der Waals surface area (Å²) in [5, 5.41) is 0.178. The van der Waals surface area contributed by atoms with Crippen LogP contribution in [0.2, 0.25) is 18.1 Å². The van der Waals surface area contributed by atoms with Gasteiger partial charge in [0.25, 0.3) is 0 Å². The molecule has 0 aliphatic heterocycles. The second kappa shape index (κ2) is 10.3. The van der Waals surface area contributed by atoms with Crippen molar-refractivity contribution in [3.63, 3.8) is 0 Å². The Morgan fingerprint density at radius 3 is 2.26 bits per heavy atom. The standard InChI is InChI=1S/C23H38O3Si/c1-10-18(2)22(26-27(8,9)23(4,5)6)19(3)15-16-25-17-20-11-13-21(24-7)14-12-20/h10-15,18,22H,1,16-17H2,2-9H3/t18-,22-/m0/s1. The molecule has 0 N–H and O–H groups in total. The summed E-state index contributed by atoms with van der Waals surface area (Å²) in [4.78, 5) is 0. The maximum Gasteiger partial charge on any atom is 0.192 e. The largest absolute Gasteiger partial charge is 0.497 e. The Balaban J connectivity index is 2.71. The molecule has 0 aliphatic carbocycles. The second-order valence-corrected chi connectivity index (χ2v) is 13.5. The van der Waals surface area contributed by atoms with E-state index in [0.717, 1.165) is 11.3 Å². The van der Waals surface area contributed by atoms with Gasteiger partial charge in [0.15, 0.2) is 8.32 Å². The molecule has 0 fully saturated rings. The van der Waals surface area contributed by atoms with E-state index in [1.807, 2.05) is 30.3 Å². The van der Waals surface area contributed by atoms with Gasteiger partial charge in [-0.05, 0) is 48.3 Å². The Morgan fingerprint density at radius 1 is 1.19 bits per heavy atom. The topological polar surface area (TPSA) is 27.7 Å². The van der Waals surface area contributed by atoms with Gasteiger partial charge >= 0.3 is 0 Å². The molecule has 0 aliphatic rings. The van der Waals surface area contributed by atoms with E-state index >= 15 is 0 Å². The lowest BCUT2D eigenvalue weighted by Crippen LogP contribution is -2.45. The van der Waals surface area contributed by atoms with Crippen molar-refractivity contribution in [2.24, 2.45) is 5.92 Å². The minimum atomic E-state index is -1.86. The van der Waals surface area contributed by atoms with E-state index in [2.05, 4.69) is 60.4 Å². The van der Waals surface area contributed by atoms with Crippen LogP contribution in [-0.2, 0) is 15.8 Å². The lowest BCUT2D eigenvalue weighted by atomic mass is 9.98. The van der Waals surface area contributed by atoms with Gasteiger partial charge in [0.2, 0.25) is 0 Å². The molecule has 0 amide bonds. The number of benzene rings is 1. The third-order valence-corrected chi connectivity index (χ3v) is 9.93. The van der Waals surface area contributed by atoms with Crippen molar-refractivity contribution in [3.8, 4) is 5.75 Å². The highest BCUT2D eigenvalue weighted by atomic mass is 28.4. The van der Waals surface area contributed by atoms with E-state index in [-0.39, 0.29) is 17.1 Å². The van der Waals surface area contributed by atoms with Gasteiger partial charge in [-0.2, -0.15) is 0 Å². The average Bonchev–Trinajstić information content (AvgIpc) is 2.62. The maximum atomic E-state index is 6.69. The minimum absolute atomic E-state index is 0.0491. The van der Waals surface area contributed by atoms with Crippen molar-refractivity contribution in [2.75, 3.05) is 13.7 Å². The number of hydrogen-bond acceptors (Lipinski definition) is 3. The lowest BCUT2D eigenvalue weighted by Gasteiger charge is -2.41. The van der Waals surface area contributed by atoms with Crippen LogP contribution in [0.3, 0.4) is 0 Å². The third-order valence-electron chi connectivity index (χ3n) is 5.48. The Hall–Kier alpha value is -1.36. The quantitative estimate of drug-likeness (QED) is 0.264. The molecule has 2 atom stereocenters. The fourth-order valence-corrected chi connectivity index (χ4v) is 3.83. The van der Waals surface area contributed by atoms with Crippen molar-refractivity contribution < 1.29 is 13.9 Å². The fourth-order valence-electron chi connectivity index (χ4n) is 2.44. The van der Waals surface area contributed by atoms with E-state index in [1.54, 1.807) is 7.11 Å². The molecule has 1 aromatic carbocycles. The predicted octanol–water partition coefficient (Wildman–Crippen LogP) is 6.37. The maximum absolute atomic E-state index is 6.69. The van der Waals surface area contributed by atoms with Crippen LogP contribution >= 0.6 is 0 Å². The van der Waals surface area contributed by atoms with E-state index in [1.165, 1.54) is 5.57 Å². The van der Waals surface area contributed by atoms with Crippen molar-refractivity contribution in [2.45, 2.75) is 65.5 Å². The average molecular weight is 391 g/mol. The molecule has 0 heterocycles. The summed E-state index contributed by atoms with van der Waals surface area (Å²) in [7, 11) is -0.188. The Morgan fingerprint density at radius 2 is 1.78 bits per heavy atom. The molecule has 27 heavy (non-hydrogen) atoms. The zero-order valence-electron chi connectivity index (χ0n) is 18.5. The number of rotatable bonds is 10. The summed E-state index contributed by atoms with van der Waals surface area (Å²) < 4.78 is 17.7. The molecule has 1 rings (SSSR count). The van der Waals surface area contributed by atoms with Crippen LogP contribution in [0.5, 0.6) is 5.75 Å². The first-order valence-corrected chi connectivity index (χ1v) is 12.6. The molecule has 152 valence electrons. The van der Waals surface area contributed by atoms with E-state index < -0.39 is 8.32 Å². The number of ether oxygens (including phenoxy) is 2. The van der Waals surface area contributed by atoms with Crippen molar-refractivity contribution in [1.29, 1.82) is 0 Å². The van der Waals surface area contributed by atoms with Gasteiger partial charge in [0.05, 0.1) is 26.4 Å². The van der Waals surface area contributed by atoms with Crippen LogP contribution in [0, 0.1) is 5.92 Å². The Labute approximate surface area is 167 Å². The molecule has 3 nitrogen and oxygen atoms in total. The SMILES string of the molecule is C=C[C@H](C)[C@H](O[Si](C)(C)C(C)(C)C)C(C)=CCOCc1ccc(OC)cc1. The fraction of sp³-hybridized carbons (Fsp3) is 0.565. The third kappa shape index (κ3) is 7.28. The van der Waals surface area contributed by atoms with Crippen molar-refractivity contribution in [1.82, 2.24) is 0 Å². The van der Waals surface area contributed by atoms with Crippen LogP contribution in [0.25, 0.3) is 0 Å². The first-order chi connectivity index (χ1) is 12.5. The molecule has 0 unspecified atom stereocenters. The molecule has 0 saturated heterocycles. The van der Waals surface area contributed by atoms with Crippen LogP contribution in [-0.4, -0.2) is 28.1 Å². The minimum Gasteiger partial charge on any atom is -0.497 e. The zero-order chi connectivity index (χ0) is 20.7. The van der Waals surface area contributed by atoms with E-state index in [4.69, 9.17) is 13.9 Å². The van der Waals surface area contributed by atoms with Crippen LogP contribution in [0.4, 0.5) is 0 Å². The molecule has 0 aromatic heterocycles. The van der Waals surface area contributed by atoms with Crippen LogP contribution in [0.15, 0.2) is 48.6 Å². The van der Waals surface area contributed by atoms with Crippen molar-refractivity contribution in [3.05, 3.63) is 54.1 Å². The molecule has 1 aromatic rings. The van der Waals surface area contributed by atoms with E-state index in [0.29, 0.717) is 13.2 Å². The summed E-state index contributed by atoms with van der Waals surface area (Å²) in [5.41, 5.74) is 2.34. The van der Waals surface area contributed by atoms with E-state index in [9.17, 15) is 0 Å². The smallest absolute Gasteiger partial charge is 0.192 e. The number of methoxy groups -OCH3 is 1. The van der Waals surface area contributed by atoms with Crippen molar-refractivity contribution >= 4 is 8.32 Å². The summed E-state index contributed by atoms with van der Waals surface area (Å²) in [6.45, 7) is 20.8. The first-order valence-electron chi connectivity index (χ1n) is 9.69. The molecular weight excluding hydrogens is 352 g/mol. The van der Waals surface area contributed by atoms with Gasteiger partial charge in [-0.3, -0.25) is 0 Å². The van der Waals surface area contributed by atoms with Crippen LogP contribution in [0.1, 0.15) is 40.2 Å². The second-order valence-electron chi connectivity index (χ2n) is 8.70. The zero-order valence-corrected chi connectivity index (χ0v) is 19.5. The lowest BCUT2D eigenvalue weighted by molar-refractivity contribution is 0.144. The van der Waals surface area contributed by atoms with Gasteiger partial charge < -0.3 is 13.9 Å². The summed E-state index contributed by atoms with van der Waals surface area (Å²) >= 11 is 0. The van der Waals surface area contributed by atoms with Gasteiger partial charge in [0, 0.05) is 5.92 Å². The van der Waals surface area contributed by atoms with Gasteiger partial charge in [0.1, 0.15) is 5.75 Å². The van der Waals surface area contributed by atoms with Crippen LogP contribution < -0.4 is 4.74 Å². The Kier molecular flexibility index (Phi) is 8.99. The van der Waals surface area contributed by atoms with Gasteiger partial charge in [-0.15, -0.1) is 6.58 Å². The molecule has 0 radical (unpaired) electrons. The van der Waals surface area contributed by atoms with Gasteiger partial charge in [-0.1, -0.05) is 52.0 Å². The summed E-state index contributed by atoms with van der Waals surface area (Å²) in [6.07, 6.45) is 4.17.